The molecule has 0 radical (unpaired) electrons. The summed E-state index contributed by atoms with van der Waals surface area (Å²) in [5, 5.41) is 10.1. The van der Waals surface area contributed by atoms with Crippen molar-refractivity contribution in [2.45, 2.75) is 37.4 Å². The number of nitrogens with zero attached hydrogens (tertiary/aromatic N) is 3. The van der Waals surface area contributed by atoms with E-state index < -0.39 is 0 Å². The lowest BCUT2D eigenvalue weighted by atomic mass is 9.74. The summed E-state index contributed by atoms with van der Waals surface area (Å²) in [6.45, 7) is 4.84. The maximum Gasteiger partial charge on any atom is 0.107 e. The highest BCUT2D eigenvalue weighted by Gasteiger charge is 2.48. The van der Waals surface area contributed by atoms with Crippen LogP contribution in [0.4, 0.5) is 0 Å². The molecule has 0 unspecified atom stereocenters. The third-order valence-corrected chi connectivity index (χ3v) is 6.35. The van der Waals surface area contributed by atoms with Gasteiger partial charge in [0.05, 0.1) is 6.61 Å². The Morgan fingerprint density at radius 3 is 2.60 bits per heavy atom. The van der Waals surface area contributed by atoms with Crippen molar-refractivity contribution in [1.29, 1.82) is 0 Å². The Morgan fingerprint density at radius 2 is 1.87 bits per heavy atom. The van der Waals surface area contributed by atoms with Crippen LogP contribution in [0.5, 0.6) is 0 Å². The molecule has 158 valence electrons. The van der Waals surface area contributed by atoms with E-state index in [-0.39, 0.29) is 12.6 Å². The number of aliphatic hydroxyl groups is 1. The van der Waals surface area contributed by atoms with Gasteiger partial charge in [-0.3, -0.25) is 14.8 Å². The van der Waals surface area contributed by atoms with Crippen LogP contribution in [0.1, 0.15) is 35.4 Å². The van der Waals surface area contributed by atoms with Gasteiger partial charge in [-0.15, -0.1) is 0 Å². The molecule has 5 nitrogen and oxygen atoms in total. The first kappa shape index (κ1) is 21.0. The van der Waals surface area contributed by atoms with Crippen LogP contribution in [0.3, 0.4) is 0 Å². The third-order valence-electron chi connectivity index (χ3n) is 6.35. The Hall–Kier alpha value is -2.23. The van der Waals surface area contributed by atoms with E-state index in [0.717, 1.165) is 31.7 Å². The molecule has 3 heterocycles. The lowest BCUT2D eigenvalue weighted by molar-refractivity contribution is -0.0655. The molecule has 2 saturated heterocycles. The minimum Gasteiger partial charge on any atom is -0.395 e. The molecule has 1 aromatic carbocycles. The minimum atomic E-state index is 0.209. The zero-order valence-corrected chi connectivity index (χ0v) is 17.7. The first-order valence-electron chi connectivity index (χ1n) is 10.9. The zero-order chi connectivity index (χ0) is 20.8. The molecule has 5 heteroatoms. The fourth-order valence-corrected chi connectivity index (χ4v) is 4.90. The van der Waals surface area contributed by atoms with Crippen molar-refractivity contribution in [2.24, 2.45) is 0 Å². The molecule has 30 heavy (non-hydrogen) atoms. The van der Waals surface area contributed by atoms with E-state index in [9.17, 15) is 5.11 Å². The summed E-state index contributed by atoms with van der Waals surface area (Å²) in [6.07, 6.45) is 6.12. The SMILES string of the molecule is COCC#Cc1ccc([C@@H]2[C@@H](CO)N3CCCCN(Cc4ccncc4)C[C@H]23)cc1. The fraction of sp³-hybridized carbons (Fsp3) is 0.480. The van der Waals surface area contributed by atoms with Crippen molar-refractivity contribution in [3.8, 4) is 11.8 Å². The number of aromatic nitrogens is 1. The molecule has 0 saturated carbocycles. The number of fused-ring (bicyclic) bond motifs is 1. The molecule has 1 N–H and O–H groups in total. The first-order valence-corrected chi connectivity index (χ1v) is 10.9. The zero-order valence-electron chi connectivity index (χ0n) is 17.7. The number of rotatable bonds is 5. The van der Waals surface area contributed by atoms with E-state index in [1.54, 1.807) is 7.11 Å². The molecule has 2 fully saturated rings. The van der Waals surface area contributed by atoms with E-state index in [2.05, 4.69) is 63.0 Å². The van der Waals surface area contributed by atoms with Gasteiger partial charge in [0.1, 0.15) is 6.61 Å². The molecule has 0 aliphatic carbocycles. The summed E-state index contributed by atoms with van der Waals surface area (Å²) in [7, 11) is 1.65. The van der Waals surface area contributed by atoms with Crippen LogP contribution >= 0.6 is 0 Å². The van der Waals surface area contributed by atoms with Gasteiger partial charge in [0.25, 0.3) is 0 Å². The Labute approximate surface area is 179 Å². The van der Waals surface area contributed by atoms with Crippen molar-refractivity contribution < 1.29 is 9.84 Å². The molecular formula is C25H31N3O2. The molecule has 1 aromatic heterocycles. The van der Waals surface area contributed by atoms with Gasteiger partial charge in [-0.2, -0.15) is 0 Å². The number of hydrogen-bond acceptors (Lipinski definition) is 5. The highest BCUT2D eigenvalue weighted by molar-refractivity contribution is 5.39. The smallest absolute Gasteiger partial charge is 0.107 e. The maximum absolute atomic E-state index is 10.1. The number of pyridine rings is 1. The second-order valence-corrected chi connectivity index (χ2v) is 8.24. The molecule has 2 aromatic rings. The first-order chi connectivity index (χ1) is 14.8. The summed E-state index contributed by atoms with van der Waals surface area (Å²) < 4.78 is 5.00. The van der Waals surface area contributed by atoms with E-state index in [4.69, 9.17) is 4.74 Å². The molecule has 2 aliphatic rings. The molecule has 2 aliphatic heterocycles. The average molecular weight is 406 g/mol. The highest BCUT2D eigenvalue weighted by atomic mass is 16.5. The van der Waals surface area contributed by atoms with Gasteiger partial charge in [0, 0.05) is 56.2 Å². The standard InChI is InChI=1S/C25H31N3O2/c1-30-16-4-5-20-6-8-22(9-7-20)25-23-18-27(17-21-10-12-26-13-11-21)14-2-3-15-28(23)24(25)19-29/h6-13,23-25,29H,2-3,14-19H2,1H3/t23-,24-,25+/m1/s1. The van der Waals surface area contributed by atoms with Crippen LogP contribution in [0.25, 0.3) is 0 Å². The summed E-state index contributed by atoms with van der Waals surface area (Å²) in [6, 6.07) is 13.4. The van der Waals surface area contributed by atoms with Crippen LogP contribution in [-0.4, -0.2) is 71.9 Å². The molecule has 0 bridgehead atoms. The van der Waals surface area contributed by atoms with Crippen LogP contribution in [0.2, 0.25) is 0 Å². The number of ether oxygens (including phenoxy) is 1. The van der Waals surface area contributed by atoms with Gasteiger partial charge in [-0.25, -0.2) is 0 Å². The Balaban J connectivity index is 1.50. The fourth-order valence-electron chi connectivity index (χ4n) is 4.90. The summed E-state index contributed by atoms with van der Waals surface area (Å²) in [5.41, 5.74) is 3.62. The van der Waals surface area contributed by atoms with E-state index in [1.807, 2.05) is 12.4 Å². The second-order valence-electron chi connectivity index (χ2n) is 8.24. The highest BCUT2D eigenvalue weighted by Crippen LogP contribution is 2.42. The quantitative estimate of drug-likeness (QED) is 0.775. The predicted molar refractivity (Wildman–Crippen MR) is 118 cm³/mol. The Morgan fingerprint density at radius 1 is 1.10 bits per heavy atom. The lowest BCUT2D eigenvalue weighted by Gasteiger charge is -2.57. The van der Waals surface area contributed by atoms with Crippen molar-refractivity contribution in [3.05, 3.63) is 65.5 Å². The Bertz CT molecular complexity index is 859. The van der Waals surface area contributed by atoms with Crippen LogP contribution in [0, 0.1) is 11.8 Å². The number of aliphatic hydroxyl groups excluding tert-OH is 1. The van der Waals surface area contributed by atoms with Gasteiger partial charge in [-0.05, 0) is 61.3 Å². The average Bonchev–Trinajstić information content (AvgIpc) is 2.76. The summed E-state index contributed by atoms with van der Waals surface area (Å²) in [5.74, 6) is 6.50. The number of methoxy groups -OCH3 is 1. The topological polar surface area (TPSA) is 48.8 Å². The lowest BCUT2D eigenvalue weighted by Crippen LogP contribution is -2.67. The van der Waals surface area contributed by atoms with E-state index in [0.29, 0.717) is 18.6 Å². The molecular weight excluding hydrogens is 374 g/mol. The van der Waals surface area contributed by atoms with E-state index in [1.165, 1.54) is 24.0 Å². The van der Waals surface area contributed by atoms with Crippen LogP contribution in [-0.2, 0) is 11.3 Å². The summed E-state index contributed by atoms with van der Waals surface area (Å²) in [4.78, 5) is 9.23. The summed E-state index contributed by atoms with van der Waals surface area (Å²) >= 11 is 0. The van der Waals surface area contributed by atoms with Gasteiger partial charge >= 0.3 is 0 Å². The molecule has 3 atom stereocenters. The van der Waals surface area contributed by atoms with Crippen molar-refractivity contribution in [2.75, 3.05) is 40.0 Å². The molecule has 0 spiro atoms. The normalized spacial score (nSPS) is 24.7. The minimum absolute atomic E-state index is 0.209. The number of benzene rings is 1. The van der Waals surface area contributed by atoms with Crippen molar-refractivity contribution >= 4 is 0 Å². The third kappa shape index (κ3) is 4.74. The van der Waals surface area contributed by atoms with Gasteiger partial charge in [0.2, 0.25) is 0 Å². The largest absolute Gasteiger partial charge is 0.395 e. The van der Waals surface area contributed by atoms with Crippen molar-refractivity contribution in [3.63, 3.8) is 0 Å². The van der Waals surface area contributed by atoms with Crippen LogP contribution in [0.15, 0.2) is 48.8 Å². The van der Waals surface area contributed by atoms with E-state index >= 15 is 0 Å². The monoisotopic (exact) mass is 405 g/mol. The molecule has 4 rings (SSSR count). The van der Waals surface area contributed by atoms with Crippen LogP contribution < -0.4 is 0 Å². The van der Waals surface area contributed by atoms with Gasteiger partial charge < -0.3 is 9.84 Å². The predicted octanol–water partition coefficient (Wildman–Crippen LogP) is 2.50. The Kier molecular flexibility index (Phi) is 7.14. The van der Waals surface area contributed by atoms with Gasteiger partial charge in [-0.1, -0.05) is 24.0 Å². The van der Waals surface area contributed by atoms with Gasteiger partial charge in [0.15, 0.2) is 0 Å². The number of hydrogen-bond donors (Lipinski definition) is 1. The van der Waals surface area contributed by atoms with Crippen molar-refractivity contribution in [1.82, 2.24) is 14.8 Å². The second kappa shape index (κ2) is 10.2. The molecule has 0 amide bonds. The maximum atomic E-state index is 10.1.